The van der Waals surface area contributed by atoms with Crippen molar-refractivity contribution in [2.75, 3.05) is 0 Å². The molecule has 2 bridgehead atoms. The van der Waals surface area contributed by atoms with E-state index >= 15 is 0 Å². The maximum Gasteiger partial charge on any atom is 0.224 e. The Morgan fingerprint density at radius 2 is 1.62 bits per heavy atom. The summed E-state index contributed by atoms with van der Waals surface area (Å²) in [6.07, 6.45) is 11.2. The van der Waals surface area contributed by atoms with E-state index in [1.54, 1.807) is 0 Å². The molecule has 72 valence electrons. The summed E-state index contributed by atoms with van der Waals surface area (Å²) < 4.78 is 0. The van der Waals surface area contributed by atoms with Gasteiger partial charge < -0.3 is 0 Å². The lowest BCUT2D eigenvalue weighted by molar-refractivity contribution is -0.112. The number of rotatable bonds is 1. The van der Waals surface area contributed by atoms with Crippen LogP contribution in [-0.2, 0) is 4.79 Å². The first-order valence-electron chi connectivity index (χ1n) is 5.13. The molecule has 2 unspecified atom stereocenters. The number of carbonyl (C=O) groups is 1. The Balaban J connectivity index is 0.000000102. The molecule has 2 fully saturated rings. The summed E-state index contributed by atoms with van der Waals surface area (Å²) in [6.45, 7) is 0. The third-order valence-corrected chi connectivity index (χ3v) is 3.38. The minimum atomic E-state index is -0.157. The minimum absolute atomic E-state index is 0.157. The van der Waals surface area contributed by atoms with E-state index in [-0.39, 0.29) is 11.2 Å². The largest absolute Gasteiger partial charge is 0.281 e. The van der Waals surface area contributed by atoms with Crippen LogP contribution in [-0.4, -0.2) is 5.24 Å². The smallest absolute Gasteiger partial charge is 0.224 e. The van der Waals surface area contributed by atoms with Crippen molar-refractivity contribution in [3.05, 3.63) is 12.2 Å². The van der Waals surface area contributed by atoms with Crippen LogP contribution in [0.4, 0.5) is 0 Å². The molecule has 0 aliphatic heterocycles. The summed E-state index contributed by atoms with van der Waals surface area (Å²) >= 11 is 5.04. The molecule has 2 atom stereocenters. The second-order valence-electron chi connectivity index (χ2n) is 4.30. The van der Waals surface area contributed by atoms with Crippen LogP contribution in [0.15, 0.2) is 12.2 Å². The third kappa shape index (κ3) is 2.57. The van der Waals surface area contributed by atoms with Gasteiger partial charge in [-0.2, -0.15) is 0 Å². The monoisotopic (exact) mass is 198 g/mol. The number of allylic oxidation sites excluding steroid dienone is 2. The topological polar surface area (TPSA) is 17.1 Å². The molecular formula is C11H15ClO. The van der Waals surface area contributed by atoms with Gasteiger partial charge in [-0.3, -0.25) is 4.79 Å². The predicted molar refractivity (Wildman–Crippen MR) is 53.6 cm³/mol. The number of hydrogen-bond donors (Lipinski definition) is 0. The van der Waals surface area contributed by atoms with E-state index in [4.69, 9.17) is 11.6 Å². The molecule has 3 rings (SSSR count). The van der Waals surface area contributed by atoms with E-state index in [0.717, 1.165) is 24.7 Å². The zero-order valence-corrected chi connectivity index (χ0v) is 8.46. The minimum Gasteiger partial charge on any atom is -0.281 e. The van der Waals surface area contributed by atoms with Crippen molar-refractivity contribution >= 4 is 16.8 Å². The van der Waals surface area contributed by atoms with Crippen LogP contribution in [0.25, 0.3) is 0 Å². The van der Waals surface area contributed by atoms with Crippen molar-refractivity contribution in [2.45, 2.75) is 32.1 Å². The lowest BCUT2D eigenvalue weighted by Crippen LogP contribution is -1.83. The summed E-state index contributed by atoms with van der Waals surface area (Å²) in [5.41, 5.74) is 0. The van der Waals surface area contributed by atoms with Crippen molar-refractivity contribution in [1.82, 2.24) is 0 Å². The molecule has 13 heavy (non-hydrogen) atoms. The fraction of sp³-hybridized carbons (Fsp3) is 0.727. The van der Waals surface area contributed by atoms with Crippen LogP contribution in [0.1, 0.15) is 32.1 Å². The fourth-order valence-electron chi connectivity index (χ4n) is 2.03. The highest BCUT2D eigenvalue weighted by molar-refractivity contribution is 6.64. The molecule has 3 aliphatic carbocycles. The first-order valence-corrected chi connectivity index (χ1v) is 5.51. The van der Waals surface area contributed by atoms with Gasteiger partial charge in [-0.1, -0.05) is 12.2 Å². The van der Waals surface area contributed by atoms with Crippen LogP contribution in [0.3, 0.4) is 0 Å². The Hall–Kier alpha value is -0.300. The van der Waals surface area contributed by atoms with E-state index in [0.29, 0.717) is 0 Å². The van der Waals surface area contributed by atoms with Crippen molar-refractivity contribution in [3.63, 3.8) is 0 Å². The van der Waals surface area contributed by atoms with Gasteiger partial charge in [0.15, 0.2) is 0 Å². The molecule has 0 radical (unpaired) electrons. The Kier molecular flexibility index (Phi) is 2.73. The summed E-state index contributed by atoms with van der Waals surface area (Å²) in [4.78, 5) is 9.97. The number of halogens is 1. The second kappa shape index (κ2) is 3.83. The van der Waals surface area contributed by atoms with Gasteiger partial charge in [-0.05, 0) is 55.5 Å². The molecule has 0 aromatic heterocycles. The average Bonchev–Trinajstić information content (AvgIpc) is 2.76. The second-order valence-corrected chi connectivity index (χ2v) is 4.67. The maximum absolute atomic E-state index is 9.97. The van der Waals surface area contributed by atoms with Gasteiger partial charge in [0.25, 0.3) is 0 Å². The third-order valence-electron chi connectivity index (χ3n) is 3.07. The van der Waals surface area contributed by atoms with Gasteiger partial charge in [0, 0.05) is 5.92 Å². The van der Waals surface area contributed by atoms with Crippen molar-refractivity contribution in [2.24, 2.45) is 17.8 Å². The zero-order valence-electron chi connectivity index (χ0n) is 7.71. The molecule has 1 nitrogen and oxygen atoms in total. The van der Waals surface area contributed by atoms with Crippen molar-refractivity contribution in [1.29, 1.82) is 0 Å². The molecule has 0 saturated heterocycles. The molecule has 0 amide bonds. The first kappa shape index (κ1) is 9.26. The van der Waals surface area contributed by atoms with Crippen molar-refractivity contribution < 1.29 is 4.79 Å². The average molecular weight is 199 g/mol. The molecule has 2 saturated carbocycles. The van der Waals surface area contributed by atoms with Crippen LogP contribution >= 0.6 is 11.6 Å². The van der Waals surface area contributed by atoms with E-state index < -0.39 is 0 Å². The van der Waals surface area contributed by atoms with Gasteiger partial charge in [0.05, 0.1) is 0 Å². The molecule has 0 aromatic carbocycles. The maximum atomic E-state index is 9.97. The van der Waals surface area contributed by atoms with Crippen LogP contribution < -0.4 is 0 Å². The van der Waals surface area contributed by atoms with Gasteiger partial charge >= 0.3 is 0 Å². The lowest BCUT2D eigenvalue weighted by Gasteiger charge is -1.96. The molecule has 0 aromatic rings. The quantitative estimate of drug-likeness (QED) is 0.468. The fourth-order valence-corrected chi connectivity index (χ4v) is 2.25. The highest BCUT2D eigenvalue weighted by Crippen LogP contribution is 2.38. The Morgan fingerprint density at radius 1 is 1.08 bits per heavy atom. The van der Waals surface area contributed by atoms with E-state index in [1.807, 2.05) is 0 Å². The molecular weight excluding hydrogens is 184 g/mol. The summed E-state index contributed by atoms with van der Waals surface area (Å²) in [5.74, 6) is 2.21. The highest BCUT2D eigenvalue weighted by Gasteiger charge is 2.27. The Morgan fingerprint density at radius 3 is 1.69 bits per heavy atom. The van der Waals surface area contributed by atoms with E-state index in [2.05, 4.69) is 12.2 Å². The Bertz CT molecular complexity index is 218. The zero-order chi connectivity index (χ0) is 9.26. The van der Waals surface area contributed by atoms with Gasteiger partial charge in [0.2, 0.25) is 5.24 Å². The number of fused-ring (bicyclic) bond motifs is 2. The molecule has 2 heteroatoms. The lowest BCUT2D eigenvalue weighted by atomic mass is 10.1. The molecule has 3 aliphatic rings. The summed E-state index contributed by atoms with van der Waals surface area (Å²) in [7, 11) is 0. The van der Waals surface area contributed by atoms with E-state index in [9.17, 15) is 4.79 Å². The van der Waals surface area contributed by atoms with Crippen LogP contribution in [0.2, 0.25) is 0 Å². The Labute approximate surface area is 84.2 Å². The van der Waals surface area contributed by atoms with Gasteiger partial charge in [0.1, 0.15) is 0 Å². The molecule has 0 heterocycles. The standard InChI is InChI=1S/C7H10.C4H5ClO/c1-2-7-4-3-6(1)5-7;5-4(6)3-1-2-3/h1-2,6-7H,3-5H2;3H,1-2H2. The normalized spacial score (nSPS) is 34.2. The van der Waals surface area contributed by atoms with Gasteiger partial charge in [-0.15, -0.1) is 0 Å². The molecule has 0 spiro atoms. The van der Waals surface area contributed by atoms with Crippen LogP contribution in [0, 0.1) is 17.8 Å². The summed E-state index contributed by atoms with van der Waals surface area (Å²) in [6, 6.07) is 0. The van der Waals surface area contributed by atoms with Crippen molar-refractivity contribution in [3.8, 4) is 0 Å². The number of carbonyl (C=O) groups excluding carboxylic acids is 1. The summed E-state index contributed by atoms with van der Waals surface area (Å²) in [5, 5.41) is -0.157. The van der Waals surface area contributed by atoms with E-state index in [1.165, 1.54) is 19.3 Å². The molecule has 0 N–H and O–H groups in total. The van der Waals surface area contributed by atoms with Gasteiger partial charge in [-0.25, -0.2) is 0 Å². The SMILES string of the molecule is C1=CC2CCC1C2.O=C(Cl)C1CC1. The first-order chi connectivity index (χ1) is 6.25. The van der Waals surface area contributed by atoms with Crippen LogP contribution in [0.5, 0.6) is 0 Å². The highest BCUT2D eigenvalue weighted by atomic mass is 35.5. The number of hydrogen-bond acceptors (Lipinski definition) is 1. The predicted octanol–water partition coefficient (Wildman–Crippen LogP) is 3.13.